The van der Waals surface area contributed by atoms with E-state index in [1.807, 2.05) is 6.08 Å². The van der Waals surface area contributed by atoms with E-state index >= 15 is 0 Å². The van der Waals surface area contributed by atoms with Crippen LogP contribution in [-0.2, 0) is 4.79 Å². The molecule has 0 aromatic rings. The molecule has 0 saturated carbocycles. The van der Waals surface area contributed by atoms with Crippen LogP contribution in [0.1, 0.15) is 148 Å². The molecule has 0 aliphatic carbocycles. The summed E-state index contributed by atoms with van der Waals surface area (Å²) < 4.78 is 0. The SMILES string of the molecule is CCCCCCCCCCCCCCCCCCCCCC/C=C/CC(=O)O. The zero-order valence-corrected chi connectivity index (χ0v) is 19.1. The van der Waals surface area contributed by atoms with Crippen molar-refractivity contribution >= 4 is 5.97 Å². The molecule has 0 saturated heterocycles. The maximum atomic E-state index is 10.4. The number of aliphatic carboxylic acids is 1. The molecule has 2 heteroatoms. The van der Waals surface area contributed by atoms with Crippen molar-refractivity contribution in [3.8, 4) is 0 Å². The lowest BCUT2D eigenvalue weighted by Crippen LogP contribution is -1.89. The first-order chi connectivity index (χ1) is 13.8. The summed E-state index contributed by atoms with van der Waals surface area (Å²) in [5.74, 6) is -0.736. The molecule has 0 aliphatic heterocycles. The molecule has 0 aromatic carbocycles. The summed E-state index contributed by atoms with van der Waals surface area (Å²) in [6, 6.07) is 0. The van der Waals surface area contributed by atoms with Gasteiger partial charge in [-0.3, -0.25) is 4.79 Å². The Morgan fingerprint density at radius 2 is 0.857 bits per heavy atom. The van der Waals surface area contributed by atoms with Gasteiger partial charge in [0.25, 0.3) is 0 Å². The minimum Gasteiger partial charge on any atom is -0.481 e. The quantitative estimate of drug-likeness (QED) is 0.138. The van der Waals surface area contributed by atoms with E-state index in [-0.39, 0.29) is 6.42 Å². The fourth-order valence-electron chi connectivity index (χ4n) is 3.82. The maximum absolute atomic E-state index is 10.4. The summed E-state index contributed by atoms with van der Waals surface area (Å²) in [6.45, 7) is 2.29. The molecule has 28 heavy (non-hydrogen) atoms. The Kier molecular flexibility index (Phi) is 23.6. The lowest BCUT2D eigenvalue weighted by atomic mass is 10.0. The van der Waals surface area contributed by atoms with Crippen molar-refractivity contribution < 1.29 is 9.90 Å². The van der Waals surface area contributed by atoms with E-state index in [0.717, 1.165) is 6.42 Å². The molecule has 0 radical (unpaired) electrons. The van der Waals surface area contributed by atoms with Gasteiger partial charge in [0.1, 0.15) is 0 Å². The van der Waals surface area contributed by atoms with Crippen LogP contribution in [0, 0.1) is 0 Å². The van der Waals surface area contributed by atoms with Crippen molar-refractivity contribution in [3.05, 3.63) is 12.2 Å². The molecule has 0 rings (SSSR count). The first-order valence-corrected chi connectivity index (χ1v) is 12.6. The van der Waals surface area contributed by atoms with Gasteiger partial charge in [-0.2, -0.15) is 0 Å². The van der Waals surface area contributed by atoms with Crippen LogP contribution < -0.4 is 0 Å². The summed E-state index contributed by atoms with van der Waals surface area (Å²) in [5.41, 5.74) is 0. The van der Waals surface area contributed by atoms with Crippen LogP contribution in [0.4, 0.5) is 0 Å². The second-order valence-electron chi connectivity index (χ2n) is 8.58. The van der Waals surface area contributed by atoms with Crippen LogP contribution in [0.25, 0.3) is 0 Å². The van der Waals surface area contributed by atoms with Gasteiger partial charge in [-0.05, 0) is 12.8 Å². The number of carbonyl (C=O) groups is 1. The van der Waals surface area contributed by atoms with E-state index in [2.05, 4.69) is 6.92 Å². The largest absolute Gasteiger partial charge is 0.481 e. The van der Waals surface area contributed by atoms with Gasteiger partial charge in [-0.15, -0.1) is 0 Å². The normalized spacial score (nSPS) is 11.5. The standard InChI is InChI=1S/C26H50O2/c1-2-3-4-5-6-7-8-9-10-11-12-13-14-15-16-17-18-19-20-21-22-23-24-25-26(27)28/h23-24H,2-22,25H2,1H3,(H,27,28)/b24-23+. The fourth-order valence-corrected chi connectivity index (χ4v) is 3.82. The van der Waals surface area contributed by atoms with E-state index in [4.69, 9.17) is 5.11 Å². The number of carboxylic acids is 1. The molecule has 0 bridgehead atoms. The molecule has 166 valence electrons. The highest BCUT2D eigenvalue weighted by atomic mass is 16.4. The van der Waals surface area contributed by atoms with Gasteiger partial charge in [-0.25, -0.2) is 0 Å². The number of unbranched alkanes of at least 4 members (excludes halogenated alkanes) is 20. The Balaban J connectivity index is 3.03. The third-order valence-corrected chi connectivity index (χ3v) is 5.68. The number of carboxylic acid groups (broad SMARTS) is 1. The molecule has 0 atom stereocenters. The second kappa shape index (κ2) is 24.2. The van der Waals surface area contributed by atoms with Crippen LogP contribution >= 0.6 is 0 Å². The van der Waals surface area contributed by atoms with E-state index in [1.165, 1.54) is 128 Å². The molecule has 0 amide bonds. The van der Waals surface area contributed by atoms with Gasteiger partial charge in [-0.1, -0.05) is 141 Å². The fraction of sp³-hybridized carbons (Fsp3) is 0.885. The topological polar surface area (TPSA) is 37.3 Å². The molecule has 0 spiro atoms. The summed E-state index contributed by atoms with van der Waals surface area (Å²) in [6.07, 6.45) is 33.2. The molecule has 0 fully saturated rings. The molecule has 0 aromatic heterocycles. The van der Waals surface area contributed by atoms with Gasteiger partial charge >= 0.3 is 5.97 Å². The summed E-state index contributed by atoms with van der Waals surface area (Å²) >= 11 is 0. The second-order valence-corrected chi connectivity index (χ2v) is 8.58. The Labute approximate surface area is 176 Å². The lowest BCUT2D eigenvalue weighted by molar-refractivity contribution is -0.136. The van der Waals surface area contributed by atoms with Crippen molar-refractivity contribution in [2.24, 2.45) is 0 Å². The van der Waals surface area contributed by atoms with E-state index in [1.54, 1.807) is 6.08 Å². The number of hydrogen-bond donors (Lipinski definition) is 1. The van der Waals surface area contributed by atoms with Crippen LogP contribution in [0.2, 0.25) is 0 Å². The Morgan fingerprint density at radius 1 is 0.536 bits per heavy atom. The van der Waals surface area contributed by atoms with E-state index < -0.39 is 5.97 Å². The minimum absolute atomic E-state index is 0.166. The van der Waals surface area contributed by atoms with Crippen molar-refractivity contribution in [1.29, 1.82) is 0 Å². The van der Waals surface area contributed by atoms with Gasteiger partial charge in [0.15, 0.2) is 0 Å². The summed E-state index contributed by atoms with van der Waals surface area (Å²) in [4.78, 5) is 10.4. The van der Waals surface area contributed by atoms with Crippen molar-refractivity contribution in [3.63, 3.8) is 0 Å². The van der Waals surface area contributed by atoms with Crippen LogP contribution in [0.3, 0.4) is 0 Å². The zero-order chi connectivity index (χ0) is 20.5. The molecular formula is C26H50O2. The summed E-state index contributed by atoms with van der Waals surface area (Å²) in [5, 5.41) is 8.53. The first kappa shape index (κ1) is 27.2. The predicted octanol–water partition coefficient (Wildman–Crippen LogP) is 9.23. The highest BCUT2D eigenvalue weighted by Gasteiger charge is 1.95. The van der Waals surface area contributed by atoms with Crippen molar-refractivity contribution in [1.82, 2.24) is 0 Å². The van der Waals surface area contributed by atoms with E-state index in [9.17, 15) is 4.79 Å². The Bertz CT molecular complexity index is 335. The number of hydrogen-bond acceptors (Lipinski definition) is 1. The van der Waals surface area contributed by atoms with Crippen molar-refractivity contribution in [2.45, 2.75) is 148 Å². The van der Waals surface area contributed by atoms with Gasteiger partial charge in [0, 0.05) is 0 Å². The molecule has 0 heterocycles. The average molecular weight is 395 g/mol. The predicted molar refractivity (Wildman–Crippen MR) is 124 cm³/mol. The third-order valence-electron chi connectivity index (χ3n) is 5.68. The Morgan fingerprint density at radius 3 is 1.18 bits per heavy atom. The molecule has 0 aliphatic rings. The molecule has 1 N–H and O–H groups in total. The highest BCUT2D eigenvalue weighted by molar-refractivity contribution is 5.68. The first-order valence-electron chi connectivity index (χ1n) is 12.6. The average Bonchev–Trinajstić information content (AvgIpc) is 2.68. The lowest BCUT2D eigenvalue weighted by Gasteiger charge is -2.04. The third kappa shape index (κ3) is 25.2. The van der Waals surface area contributed by atoms with Gasteiger partial charge in [0.2, 0.25) is 0 Å². The summed E-state index contributed by atoms with van der Waals surface area (Å²) in [7, 11) is 0. The Hall–Kier alpha value is -0.790. The van der Waals surface area contributed by atoms with Crippen LogP contribution in [0.15, 0.2) is 12.2 Å². The monoisotopic (exact) mass is 394 g/mol. The molecular weight excluding hydrogens is 344 g/mol. The van der Waals surface area contributed by atoms with Gasteiger partial charge < -0.3 is 5.11 Å². The smallest absolute Gasteiger partial charge is 0.307 e. The van der Waals surface area contributed by atoms with Crippen LogP contribution in [-0.4, -0.2) is 11.1 Å². The minimum atomic E-state index is -0.736. The maximum Gasteiger partial charge on any atom is 0.307 e. The van der Waals surface area contributed by atoms with Crippen LogP contribution in [0.5, 0.6) is 0 Å². The zero-order valence-electron chi connectivity index (χ0n) is 19.1. The highest BCUT2D eigenvalue weighted by Crippen LogP contribution is 2.15. The molecule has 0 unspecified atom stereocenters. The van der Waals surface area contributed by atoms with Gasteiger partial charge in [0.05, 0.1) is 6.42 Å². The molecule has 2 nitrogen and oxygen atoms in total. The number of rotatable bonds is 23. The number of allylic oxidation sites excluding steroid dienone is 1. The van der Waals surface area contributed by atoms with Crippen molar-refractivity contribution in [2.75, 3.05) is 0 Å². The van der Waals surface area contributed by atoms with E-state index in [0.29, 0.717) is 0 Å².